The van der Waals surface area contributed by atoms with Gasteiger partial charge in [0.05, 0.1) is 5.69 Å². The van der Waals surface area contributed by atoms with E-state index in [1.54, 1.807) is 6.20 Å². The number of carbonyl (C=O) groups is 1. The van der Waals surface area contributed by atoms with Crippen LogP contribution in [0.1, 0.15) is 10.4 Å². The van der Waals surface area contributed by atoms with Gasteiger partial charge in [-0.3, -0.25) is 9.20 Å². The predicted octanol–water partition coefficient (Wildman–Crippen LogP) is 4.25. The van der Waals surface area contributed by atoms with Crippen LogP contribution in [0.5, 0.6) is 0 Å². The number of nitrogens with zero attached hydrogens (tertiary/aromatic N) is 3. The summed E-state index contributed by atoms with van der Waals surface area (Å²) in [6, 6.07) is 16.9. The third-order valence-electron chi connectivity index (χ3n) is 3.76. The van der Waals surface area contributed by atoms with Gasteiger partial charge >= 0.3 is 0 Å². The molecule has 25 heavy (non-hydrogen) atoms. The SMILES string of the molecule is O=C(Nc1cccc(-c2cn3cccnc3n2)c1)c1ccc(I)cc1. The Labute approximate surface area is 157 Å². The lowest BCUT2D eigenvalue weighted by Gasteiger charge is -2.07. The fraction of sp³-hybridized carbons (Fsp3) is 0. The van der Waals surface area contributed by atoms with E-state index in [2.05, 4.69) is 37.9 Å². The first-order valence-electron chi connectivity index (χ1n) is 7.66. The van der Waals surface area contributed by atoms with Crippen LogP contribution in [-0.2, 0) is 0 Å². The second-order valence-corrected chi connectivity index (χ2v) is 6.74. The summed E-state index contributed by atoms with van der Waals surface area (Å²) in [4.78, 5) is 21.1. The number of benzene rings is 2. The van der Waals surface area contributed by atoms with E-state index in [0.29, 0.717) is 11.3 Å². The van der Waals surface area contributed by atoms with Gasteiger partial charge in [0.2, 0.25) is 5.78 Å². The van der Waals surface area contributed by atoms with Crippen molar-refractivity contribution in [2.45, 2.75) is 0 Å². The molecule has 0 spiro atoms. The van der Waals surface area contributed by atoms with Crippen LogP contribution in [0.2, 0.25) is 0 Å². The summed E-state index contributed by atoms with van der Waals surface area (Å²) in [5, 5.41) is 2.93. The molecule has 6 heteroatoms. The molecule has 1 amide bonds. The minimum absolute atomic E-state index is 0.134. The number of aromatic nitrogens is 3. The molecular weight excluding hydrogens is 427 g/mol. The number of hydrogen-bond acceptors (Lipinski definition) is 3. The van der Waals surface area contributed by atoms with Gasteiger partial charge in [0.25, 0.3) is 5.91 Å². The highest BCUT2D eigenvalue weighted by Crippen LogP contribution is 2.22. The molecular formula is C19H13IN4O. The van der Waals surface area contributed by atoms with Crippen LogP contribution >= 0.6 is 22.6 Å². The first-order valence-corrected chi connectivity index (χ1v) is 8.74. The van der Waals surface area contributed by atoms with Crippen LogP contribution in [0, 0.1) is 3.57 Å². The molecule has 4 rings (SSSR count). The summed E-state index contributed by atoms with van der Waals surface area (Å²) in [5.41, 5.74) is 3.09. The lowest BCUT2D eigenvalue weighted by molar-refractivity contribution is 0.102. The quantitative estimate of drug-likeness (QED) is 0.485. The second-order valence-electron chi connectivity index (χ2n) is 5.49. The van der Waals surface area contributed by atoms with Gasteiger partial charge in [-0.1, -0.05) is 12.1 Å². The maximum absolute atomic E-state index is 12.4. The predicted molar refractivity (Wildman–Crippen MR) is 106 cm³/mol. The number of imidazole rings is 1. The first kappa shape index (κ1) is 15.8. The fourth-order valence-corrected chi connectivity index (χ4v) is 2.89. The number of rotatable bonds is 3. The molecule has 5 nitrogen and oxygen atoms in total. The van der Waals surface area contributed by atoms with Crippen molar-refractivity contribution in [1.29, 1.82) is 0 Å². The molecule has 4 aromatic rings. The zero-order valence-electron chi connectivity index (χ0n) is 13.1. The summed E-state index contributed by atoms with van der Waals surface area (Å²) in [6.07, 6.45) is 5.54. The van der Waals surface area contributed by atoms with Gasteiger partial charge in [-0.05, 0) is 65.1 Å². The molecule has 0 saturated carbocycles. The maximum Gasteiger partial charge on any atom is 0.255 e. The molecule has 0 aliphatic carbocycles. The summed E-state index contributed by atoms with van der Waals surface area (Å²) in [6.45, 7) is 0. The van der Waals surface area contributed by atoms with Gasteiger partial charge in [-0.25, -0.2) is 9.97 Å². The smallest absolute Gasteiger partial charge is 0.255 e. The fourth-order valence-electron chi connectivity index (χ4n) is 2.53. The van der Waals surface area contributed by atoms with Crippen molar-refractivity contribution in [3.8, 4) is 11.3 Å². The Morgan fingerprint density at radius 1 is 1.08 bits per heavy atom. The Kier molecular flexibility index (Phi) is 4.19. The van der Waals surface area contributed by atoms with E-state index in [9.17, 15) is 4.79 Å². The summed E-state index contributed by atoms with van der Waals surface area (Å²) >= 11 is 2.21. The number of nitrogens with one attached hydrogen (secondary N) is 1. The lowest BCUT2D eigenvalue weighted by atomic mass is 10.1. The average Bonchev–Trinajstić information content (AvgIpc) is 3.07. The maximum atomic E-state index is 12.4. The van der Waals surface area contributed by atoms with Gasteiger partial charge in [-0.2, -0.15) is 0 Å². The number of hydrogen-bond donors (Lipinski definition) is 1. The number of amides is 1. The van der Waals surface area contributed by atoms with Crippen molar-refractivity contribution in [3.05, 3.63) is 82.3 Å². The van der Waals surface area contributed by atoms with Gasteiger partial charge in [0, 0.05) is 39.0 Å². The number of carbonyl (C=O) groups excluding carboxylic acids is 1. The zero-order valence-corrected chi connectivity index (χ0v) is 15.2. The van der Waals surface area contributed by atoms with Gasteiger partial charge in [0.15, 0.2) is 0 Å². The van der Waals surface area contributed by atoms with Crippen molar-refractivity contribution in [1.82, 2.24) is 14.4 Å². The van der Waals surface area contributed by atoms with E-state index in [1.807, 2.05) is 71.4 Å². The van der Waals surface area contributed by atoms with Crippen molar-refractivity contribution < 1.29 is 4.79 Å². The molecule has 0 atom stereocenters. The van der Waals surface area contributed by atoms with Gasteiger partial charge in [0.1, 0.15) is 0 Å². The van der Waals surface area contributed by atoms with Crippen LogP contribution in [-0.4, -0.2) is 20.3 Å². The number of halogens is 1. The Morgan fingerprint density at radius 2 is 1.92 bits per heavy atom. The third kappa shape index (κ3) is 3.39. The topological polar surface area (TPSA) is 59.3 Å². The van der Waals surface area contributed by atoms with Crippen LogP contribution in [0.15, 0.2) is 73.2 Å². The highest BCUT2D eigenvalue weighted by Gasteiger charge is 2.09. The van der Waals surface area contributed by atoms with Crippen LogP contribution in [0.25, 0.3) is 17.0 Å². The van der Waals surface area contributed by atoms with Crippen molar-refractivity contribution in [2.75, 3.05) is 5.32 Å². The molecule has 0 fully saturated rings. The Bertz CT molecular complexity index is 1020. The molecule has 122 valence electrons. The number of anilines is 1. The average molecular weight is 440 g/mol. The Hall–Kier alpha value is -2.74. The zero-order chi connectivity index (χ0) is 17.2. The minimum atomic E-state index is -0.134. The molecule has 0 radical (unpaired) electrons. The molecule has 0 bridgehead atoms. The van der Waals surface area contributed by atoms with E-state index >= 15 is 0 Å². The van der Waals surface area contributed by atoms with Gasteiger partial charge < -0.3 is 5.32 Å². The minimum Gasteiger partial charge on any atom is -0.322 e. The highest BCUT2D eigenvalue weighted by molar-refractivity contribution is 14.1. The molecule has 0 unspecified atom stereocenters. The normalized spacial score (nSPS) is 10.8. The molecule has 1 N–H and O–H groups in total. The summed E-state index contributed by atoms with van der Waals surface area (Å²) < 4.78 is 2.96. The second kappa shape index (κ2) is 6.64. The van der Waals surface area contributed by atoms with E-state index in [1.165, 1.54) is 0 Å². The van der Waals surface area contributed by atoms with Crippen LogP contribution in [0.3, 0.4) is 0 Å². The molecule has 0 aliphatic heterocycles. The van der Waals surface area contributed by atoms with Crippen molar-refractivity contribution >= 4 is 40.0 Å². The van der Waals surface area contributed by atoms with Crippen molar-refractivity contribution in [2.24, 2.45) is 0 Å². The first-order chi connectivity index (χ1) is 12.2. The third-order valence-corrected chi connectivity index (χ3v) is 4.48. The monoisotopic (exact) mass is 440 g/mol. The largest absolute Gasteiger partial charge is 0.322 e. The van der Waals surface area contributed by atoms with Crippen molar-refractivity contribution in [3.63, 3.8) is 0 Å². The van der Waals surface area contributed by atoms with E-state index < -0.39 is 0 Å². The molecule has 2 heterocycles. The molecule has 2 aromatic heterocycles. The molecule has 0 aliphatic rings. The van der Waals surface area contributed by atoms with E-state index in [4.69, 9.17) is 0 Å². The van der Waals surface area contributed by atoms with Crippen LogP contribution in [0.4, 0.5) is 5.69 Å². The van der Waals surface area contributed by atoms with E-state index in [-0.39, 0.29) is 5.91 Å². The Morgan fingerprint density at radius 3 is 2.72 bits per heavy atom. The van der Waals surface area contributed by atoms with E-state index in [0.717, 1.165) is 20.5 Å². The molecule has 2 aromatic carbocycles. The van der Waals surface area contributed by atoms with Crippen LogP contribution < -0.4 is 5.32 Å². The molecule has 0 saturated heterocycles. The highest BCUT2D eigenvalue weighted by atomic mass is 127. The lowest BCUT2D eigenvalue weighted by Crippen LogP contribution is -2.11. The van der Waals surface area contributed by atoms with Gasteiger partial charge in [-0.15, -0.1) is 0 Å². The summed E-state index contributed by atoms with van der Waals surface area (Å²) in [5.74, 6) is 0.510. The standard InChI is InChI=1S/C19H13IN4O/c20-15-7-5-13(6-8-15)18(25)22-16-4-1-3-14(11-16)17-12-24-10-2-9-21-19(24)23-17/h1-12H,(H,22,25). The Balaban J connectivity index is 1.60. The number of fused-ring (bicyclic) bond motifs is 1. The summed E-state index contributed by atoms with van der Waals surface area (Å²) in [7, 11) is 0.